The largest absolute Gasteiger partial charge is 0.481 e. The number of aromatic amines is 1. The van der Waals surface area contributed by atoms with Gasteiger partial charge in [0.2, 0.25) is 0 Å². The molecule has 2 aliphatic heterocycles. The highest BCUT2D eigenvalue weighted by Crippen LogP contribution is 2.42. The monoisotopic (exact) mass is 284 g/mol. The number of rotatable bonds is 2. The van der Waals surface area contributed by atoms with Gasteiger partial charge in [0, 0.05) is 29.4 Å². The molecule has 1 aromatic heterocycles. The smallest absolute Gasteiger partial charge is 0.308 e. The first-order valence-corrected chi connectivity index (χ1v) is 7.28. The molecule has 0 radical (unpaired) electrons. The molecule has 3 atom stereocenters. The molecule has 2 bridgehead atoms. The molecule has 1 aromatic carbocycles. The van der Waals surface area contributed by atoms with Crippen molar-refractivity contribution in [2.24, 2.45) is 5.92 Å². The van der Waals surface area contributed by atoms with Gasteiger partial charge in [0.1, 0.15) is 0 Å². The predicted molar refractivity (Wildman–Crippen MR) is 77.0 cm³/mol. The fourth-order valence-electron chi connectivity index (χ4n) is 3.90. The molecule has 3 unspecified atom stereocenters. The van der Waals surface area contributed by atoms with E-state index < -0.39 is 11.9 Å². The third kappa shape index (κ3) is 1.77. The number of aliphatic carboxylic acids is 1. The molecule has 0 aliphatic carbocycles. The average molecular weight is 284 g/mol. The zero-order valence-corrected chi connectivity index (χ0v) is 11.5. The van der Waals surface area contributed by atoms with E-state index in [1.54, 1.807) is 0 Å². The van der Waals surface area contributed by atoms with Gasteiger partial charge in [-0.1, -0.05) is 6.07 Å². The van der Waals surface area contributed by atoms with Crippen LogP contribution in [-0.4, -0.2) is 39.0 Å². The summed E-state index contributed by atoms with van der Waals surface area (Å²) in [4.78, 5) is 29.0. The van der Waals surface area contributed by atoms with Crippen LogP contribution in [0.4, 0.5) is 0 Å². The van der Waals surface area contributed by atoms with Crippen LogP contribution in [-0.2, 0) is 4.79 Å². The molecule has 0 saturated carbocycles. The normalized spacial score (nSPS) is 27.4. The highest BCUT2D eigenvalue weighted by atomic mass is 16.4. The van der Waals surface area contributed by atoms with Crippen molar-refractivity contribution in [3.8, 4) is 0 Å². The highest BCUT2D eigenvalue weighted by molar-refractivity contribution is 5.99. The van der Waals surface area contributed by atoms with Gasteiger partial charge in [-0.25, -0.2) is 0 Å². The Balaban J connectivity index is 1.67. The summed E-state index contributed by atoms with van der Waals surface area (Å²) in [5.74, 6) is -1.22. The van der Waals surface area contributed by atoms with Crippen molar-refractivity contribution in [2.75, 3.05) is 0 Å². The van der Waals surface area contributed by atoms with Crippen molar-refractivity contribution in [3.05, 3.63) is 36.0 Å². The molecular formula is C16H16N2O3. The number of aromatic nitrogens is 1. The minimum absolute atomic E-state index is 0.0391. The van der Waals surface area contributed by atoms with E-state index in [-0.39, 0.29) is 18.0 Å². The fraction of sp³-hybridized carbons (Fsp3) is 0.375. The third-order valence-electron chi connectivity index (χ3n) is 4.89. The number of benzene rings is 1. The summed E-state index contributed by atoms with van der Waals surface area (Å²) in [5.41, 5.74) is 1.56. The molecule has 5 heteroatoms. The lowest BCUT2D eigenvalue weighted by molar-refractivity contribution is -0.142. The number of carbonyl (C=O) groups is 2. The lowest BCUT2D eigenvalue weighted by atomic mass is 9.89. The van der Waals surface area contributed by atoms with Gasteiger partial charge in [0.15, 0.2) is 0 Å². The Morgan fingerprint density at radius 2 is 2.10 bits per heavy atom. The maximum atomic E-state index is 12.8. The van der Waals surface area contributed by atoms with Crippen molar-refractivity contribution in [1.82, 2.24) is 9.88 Å². The number of nitrogens with zero attached hydrogens (tertiary/aromatic N) is 1. The molecule has 4 rings (SSSR count). The summed E-state index contributed by atoms with van der Waals surface area (Å²) in [6.07, 6.45) is 4.17. The van der Waals surface area contributed by atoms with Crippen molar-refractivity contribution in [1.29, 1.82) is 0 Å². The van der Waals surface area contributed by atoms with E-state index in [1.165, 1.54) is 0 Å². The minimum atomic E-state index is -0.778. The number of carboxylic acids is 1. The summed E-state index contributed by atoms with van der Waals surface area (Å²) in [6, 6.07) is 7.51. The van der Waals surface area contributed by atoms with Crippen LogP contribution in [0.5, 0.6) is 0 Å². The Labute approximate surface area is 121 Å². The Bertz CT molecular complexity index is 736. The van der Waals surface area contributed by atoms with Gasteiger partial charge in [-0.15, -0.1) is 0 Å². The van der Waals surface area contributed by atoms with Crippen LogP contribution in [0, 0.1) is 5.92 Å². The summed E-state index contributed by atoms with van der Waals surface area (Å²) in [6.45, 7) is 0. The van der Waals surface area contributed by atoms with E-state index in [1.807, 2.05) is 35.4 Å². The lowest BCUT2D eigenvalue weighted by Gasteiger charge is -2.23. The predicted octanol–water partition coefficient (Wildman–Crippen LogP) is 2.25. The summed E-state index contributed by atoms with van der Waals surface area (Å²) < 4.78 is 0. The van der Waals surface area contributed by atoms with Crippen LogP contribution in [0.2, 0.25) is 0 Å². The van der Waals surface area contributed by atoms with Crippen LogP contribution in [0.1, 0.15) is 29.6 Å². The van der Waals surface area contributed by atoms with E-state index in [0.717, 1.165) is 23.7 Å². The lowest BCUT2D eigenvalue weighted by Crippen LogP contribution is -2.37. The summed E-state index contributed by atoms with van der Waals surface area (Å²) in [7, 11) is 0. The molecule has 2 fully saturated rings. The number of hydrogen-bond donors (Lipinski definition) is 2. The van der Waals surface area contributed by atoms with Crippen molar-refractivity contribution < 1.29 is 14.7 Å². The molecule has 2 aromatic rings. The topological polar surface area (TPSA) is 73.4 Å². The number of carbonyl (C=O) groups excluding carboxylic acids is 1. The molecule has 5 nitrogen and oxygen atoms in total. The second-order valence-corrected chi connectivity index (χ2v) is 5.97. The maximum absolute atomic E-state index is 12.8. The van der Waals surface area contributed by atoms with E-state index in [0.29, 0.717) is 12.0 Å². The molecular weight excluding hydrogens is 268 g/mol. The van der Waals surface area contributed by atoms with Gasteiger partial charge in [0.05, 0.1) is 5.92 Å². The molecule has 2 N–H and O–H groups in total. The van der Waals surface area contributed by atoms with Crippen LogP contribution in [0.15, 0.2) is 30.5 Å². The van der Waals surface area contributed by atoms with E-state index in [4.69, 9.17) is 0 Å². The SMILES string of the molecule is O=C(O)C1CC2CCC1N2C(=O)c1ccc2cc[nH]c2c1. The van der Waals surface area contributed by atoms with E-state index in [2.05, 4.69) is 4.98 Å². The summed E-state index contributed by atoms with van der Waals surface area (Å²) in [5, 5.41) is 10.3. The van der Waals surface area contributed by atoms with Crippen LogP contribution < -0.4 is 0 Å². The Hall–Kier alpha value is -2.30. The summed E-state index contributed by atoms with van der Waals surface area (Å²) >= 11 is 0. The van der Waals surface area contributed by atoms with E-state index >= 15 is 0 Å². The Morgan fingerprint density at radius 1 is 1.24 bits per heavy atom. The minimum Gasteiger partial charge on any atom is -0.481 e. The first kappa shape index (κ1) is 12.4. The van der Waals surface area contributed by atoms with Crippen molar-refractivity contribution in [3.63, 3.8) is 0 Å². The van der Waals surface area contributed by atoms with Gasteiger partial charge in [-0.3, -0.25) is 9.59 Å². The van der Waals surface area contributed by atoms with Gasteiger partial charge >= 0.3 is 5.97 Å². The third-order valence-corrected chi connectivity index (χ3v) is 4.89. The van der Waals surface area contributed by atoms with Gasteiger partial charge in [-0.05, 0) is 42.8 Å². The van der Waals surface area contributed by atoms with Crippen LogP contribution in [0.3, 0.4) is 0 Å². The molecule has 0 spiro atoms. The van der Waals surface area contributed by atoms with E-state index in [9.17, 15) is 14.7 Å². The number of hydrogen-bond acceptors (Lipinski definition) is 2. The molecule has 1 amide bonds. The van der Waals surface area contributed by atoms with Gasteiger partial charge in [0.25, 0.3) is 5.91 Å². The standard InChI is InChI=1S/C16H16N2O3/c19-15(10-2-1-9-5-6-17-13(9)7-10)18-11-3-4-14(18)12(8-11)16(20)21/h1-2,5-7,11-12,14,17H,3-4,8H2,(H,20,21). The van der Waals surface area contributed by atoms with Gasteiger partial charge in [-0.2, -0.15) is 0 Å². The quantitative estimate of drug-likeness (QED) is 0.888. The second-order valence-electron chi connectivity index (χ2n) is 5.97. The van der Waals surface area contributed by atoms with Gasteiger partial charge < -0.3 is 15.0 Å². The average Bonchev–Trinajstić information content (AvgIpc) is 3.19. The fourth-order valence-corrected chi connectivity index (χ4v) is 3.90. The number of amides is 1. The van der Waals surface area contributed by atoms with Crippen molar-refractivity contribution in [2.45, 2.75) is 31.3 Å². The maximum Gasteiger partial charge on any atom is 0.308 e. The molecule has 2 aliphatic rings. The number of fused-ring (bicyclic) bond motifs is 3. The Morgan fingerprint density at radius 3 is 2.86 bits per heavy atom. The van der Waals surface area contributed by atoms with Crippen molar-refractivity contribution >= 4 is 22.8 Å². The highest BCUT2D eigenvalue weighted by Gasteiger charge is 2.51. The molecule has 3 heterocycles. The number of H-pyrrole nitrogens is 1. The number of nitrogens with one attached hydrogen (secondary N) is 1. The first-order chi connectivity index (χ1) is 10.1. The molecule has 21 heavy (non-hydrogen) atoms. The molecule has 108 valence electrons. The van der Waals surface area contributed by atoms with Crippen LogP contribution >= 0.6 is 0 Å². The first-order valence-electron chi connectivity index (χ1n) is 7.28. The zero-order chi connectivity index (χ0) is 14.6. The zero-order valence-electron chi connectivity index (χ0n) is 11.5. The second kappa shape index (κ2) is 4.35. The number of carboxylic acid groups (broad SMARTS) is 1. The Kier molecular flexibility index (Phi) is 2.58. The van der Waals surface area contributed by atoms with Crippen LogP contribution in [0.25, 0.3) is 10.9 Å². The molecule has 2 saturated heterocycles.